The Kier molecular flexibility index (Phi) is 6.02. The second-order valence-corrected chi connectivity index (χ2v) is 9.03. The van der Waals surface area contributed by atoms with Crippen molar-refractivity contribution in [2.75, 3.05) is 16.8 Å². The zero-order chi connectivity index (χ0) is 23.7. The van der Waals surface area contributed by atoms with E-state index in [1.54, 1.807) is 12.3 Å². The fourth-order valence-electron chi connectivity index (χ4n) is 5.12. The van der Waals surface area contributed by atoms with Gasteiger partial charge in [0.2, 0.25) is 5.91 Å². The molecule has 34 heavy (non-hydrogen) atoms. The van der Waals surface area contributed by atoms with Crippen molar-refractivity contribution in [3.63, 3.8) is 0 Å². The molecule has 2 aliphatic rings. The molecule has 0 saturated heterocycles. The van der Waals surface area contributed by atoms with Gasteiger partial charge in [0, 0.05) is 47.2 Å². The number of hydrogen-bond donors (Lipinski definition) is 1. The molecule has 1 N–H and O–H groups in total. The van der Waals surface area contributed by atoms with Gasteiger partial charge in [0.25, 0.3) is 0 Å². The first kappa shape index (κ1) is 22.4. The first-order chi connectivity index (χ1) is 16.4. The highest BCUT2D eigenvalue weighted by atomic mass is 19.4. The number of fused-ring (bicyclic) bond motifs is 2. The van der Waals surface area contributed by atoms with Gasteiger partial charge in [0.1, 0.15) is 0 Å². The first-order valence-electron chi connectivity index (χ1n) is 11.7. The predicted octanol–water partition coefficient (Wildman–Crippen LogP) is 6.82. The number of anilines is 2. The Morgan fingerprint density at radius 2 is 1.88 bits per heavy atom. The lowest BCUT2D eigenvalue weighted by atomic mass is 9.88. The van der Waals surface area contributed by atoms with Crippen molar-refractivity contribution in [1.82, 2.24) is 4.98 Å². The maximum Gasteiger partial charge on any atom is 0.416 e. The third-order valence-corrected chi connectivity index (χ3v) is 6.80. The molecule has 2 heterocycles. The van der Waals surface area contributed by atoms with Gasteiger partial charge >= 0.3 is 6.18 Å². The summed E-state index contributed by atoms with van der Waals surface area (Å²) in [5.74, 6) is -0.303. The van der Waals surface area contributed by atoms with Crippen LogP contribution in [0.5, 0.6) is 0 Å². The van der Waals surface area contributed by atoms with E-state index >= 15 is 0 Å². The monoisotopic (exact) mass is 465 g/mol. The van der Waals surface area contributed by atoms with Crippen LogP contribution in [0.3, 0.4) is 0 Å². The van der Waals surface area contributed by atoms with E-state index in [-0.39, 0.29) is 11.9 Å². The van der Waals surface area contributed by atoms with E-state index in [1.807, 2.05) is 24.3 Å². The van der Waals surface area contributed by atoms with Gasteiger partial charge in [-0.2, -0.15) is 13.2 Å². The topological polar surface area (TPSA) is 45.2 Å². The molecule has 4 nitrogen and oxygen atoms in total. The van der Waals surface area contributed by atoms with Crippen LogP contribution in [-0.2, 0) is 11.0 Å². The van der Waals surface area contributed by atoms with Crippen LogP contribution in [0.2, 0.25) is 0 Å². The molecule has 5 rings (SSSR count). The van der Waals surface area contributed by atoms with Gasteiger partial charge in [-0.15, -0.1) is 0 Å². The SMILES string of the molecule is O=C(C=C1CCN(C2CCCCC2)c2cc(C(F)(F)F)ccc21)Nc1ccc2cccnc2c1. The summed E-state index contributed by atoms with van der Waals surface area (Å²) >= 11 is 0. The summed E-state index contributed by atoms with van der Waals surface area (Å²) in [6.45, 7) is 0.609. The second-order valence-electron chi connectivity index (χ2n) is 9.03. The number of rotatable bonds is 3. The molecule has 1 aliphatic heterocycles. The van der Waals surface area contributed by atoms with Gasteiger partial charge in [-0.1, -0.05) is 37.5 Å². The van der Waals surface area contributed by atoms with E-state index in [2.05, 4.69) is 15.2 Å². The van der Waals surface area contributed by atoms with Crippen LogP contribution in [0.25, 0.3) is 16.5 Å². The van der Waals surface area contributed by atoms with Crippen molar-refractivity contribution in [2.24, 2.45) is 0 Å². The van der Waals surface area contributed by atoms with Crippen LogP contribution >= 0.6 is 0 Å². The lowest BCUT2D eigenvalue weighted by molar-refractivity contribution is -0.137. The number of carbonyl (C=O) groups excluding carboxylic acids is 1. The fourth-order valence-corrected chi connectivity index (χ4v) is 5.12. The van der Waals surface area contributed by atoms with Gasteiger partial charge in [-0.3, -0.25) is 9.78 Å². The normalized spacial score (nSPS) is 18.2. The minimum Gasteiger partial charge on any atom is -0.368 e. The molecule has 3 aromatic rings. The molecule has 0 spiro atoms. The fraction of sp³-hybridized carbons (Fsp3) is 0.333. The highest BCUT2D eigenvalue weighted by molar-refractivity contribution is 6.05. The number of pyridine rings is 1. The summed E-state index contributed by atoms with van der Waals surface area (Å²) in [6, 6.07) is 13.4. The first-order valence-corrected chi connectivity index (χ1v) is 11.7. The largest absolute Gasteiger partial charge is 0.416 e. The lowest BCUT2D eigenvalue weighted by Gasteiger charge is -2.41. The number of nitrogens with zero attached hydrogens (tertiary/aromatic N) is 2. The summed E-state index contributed by atoms with van der Waals surface area (Å²) in [4.78, 5) is 19.3. The van der Waals surface area contributed by atoms with Gasteiger partial charge in [0.05, 0.1) is 11.1 Å². The van der Waals surface area contributed by atoms with E-state index in [9.17, 15) is 18.0 Å². The Hall–Kier alpha value is -3.35. The highest BCUT2D eigenvalue weighted by Crippen LogP contribution is 2.42. The summed E-state index contributed by atoms with van der Waals surface area (Å²) in [6.07, 6.45) is 4.78. The Morgan fingerprint density at radius 3 is 2.68 bits per heavy atom. The average molecular weight is 466 g/mol. The zero-order valence-electron chi connectivity index (χ0n) is 18.7. The number of hydrogen-bond acceptors (Lipinski definition) is 3. The zero-order valence-corrected chi connectivity index (χ0v) is 18.7. The minimum absolute atomic E-state index is 0.247. The van der Waals surface area contributed by atoms with Gasteiger partial charge in [0.15, 0.2) is 0 Å². The van der Waals surface area contributed by atoms with E-state index in [1.165, 1.54) is 24.6 Å². The van der Waals surface area contributed by atoms with Crippen molar-refractivity contribution in [3.8, 4) is 0 Å². The highest BCUT2D eigenvalue weighted by Gasteiger charge is 2.34. The summed E-state index contributed by atoms with van der Waals surface area (Å²) in [5, 5.41) is 3.85. The number of amides is 1. The van der Waals surface area contributed by atoms with E-state index in [4.69, 9.17) is 0 Å². The van der Waals surface area contributed by atoms with Crippen molar-refractivity contribution in [1.29, 1.82) is 0 Å². The van der Waals surface area contributed by atoms with Gasteiger partial charge < -0.3 is 10.2 Å². The number of halogens is 3. The van der Waals surface area contributed by atoms with Crippen molar-refractivity contribution in [2.45, 2.75) is 50.7 Å². The van der Waals surface area contributed by atoms with Crippen LogP contribution in [0, 0.1) is 0 Å². The molecule has 1 saturated carbocycles. The molecular formula is C27H26F3N3O. The van der Waals surface area contributed by atoms with Crippen LogP contribution in [0.4, 0.5) is 24.5 Å². The Balaban J connectivity index is 1.44. The standard InChI is InChI=1S/C27H26F3N3O/c28-27(29,30)20-9-11-23-19(12-14-33(25(23)16-20)22-6-2-1-3-7-22)15-26(34)32-21-10-8-18-5-4-13-31-24(18)17-21/h4-5,8-11,13,15-17,22H,1-3,6-7,12,14H2,(H,32,34). The molecule has 1 fully saturated rings. The maximum atomic E-state index is 13.5. The molecule has 1 aliphatic carbocycles. The third kappa shape index (κ3) is 4.65. The molecule has 0 radical (unpaired) electrons. The third-order valence-electron chi connectivity index (χ3n) is 6.80. The van der Waals surface area contributed by atoms with Crippen LogP contribution in [0.15, 0.2) is 60.8 Å². The smallest absolute Gasteiger partial charge is 0.368 e. The minimum atomic E-state index is -4.41. The van der Waals surface area contributed by atoms with E-state index < -0.39 is 11.7 Å². The predicted molar refractivity (Wildman–Crippen MR) is 129 cm³/mol. The van der Waals surface area contributed by atoms with Crippen LogP contribution in [0.1, 0.15) is 49.7 Å². The number of benzene rings is 2. The quantitative estimate of drug-likeness (QED) is 0.432. The summed E-state index contributed by atoms with van der Waals surface area (Å²) in [5.41, 5.74) is 2.80. The number of alkyl halides is 3. The molecule has 0 atom stereocenters. The lowest BCUT2D eigenvalue weighted by Crippen LogP contribution is -2.40. The number of nitrogens with one attached hydrogen (secondary N) is 1. The Labute approximate surface area is 196 Å². The van der Waals surface area contributed by atoms with E-state index in [0.717, 1.165) is 48.2 Å². The van der Waals surface area contributed by atoms with Crippen molar-refractivity contribution >= 4 is 33.8 Å². The van der Waals surface area contributed by atoms with E-state index in [0.29, 0.717) is 29.9 Å². The molecule has 176 valence electrons. The molecule has 0 unspecified atom stereocenters. The van der Waals surface area contributed by atoms with Crippen molar-refractivity contribution in [3.05, 3.63) is 71.9 Å². The average Bonchev–Trinajstić information content (AvgIpc) is 2.84. The van der Waals surface area contributed by atoms with Crippen LogP contribution in [-0.4, -0.2) is 23.5 Å². The molecule has 7 heteroatoms. The maximum absolute atomic E-state index is 13.5. The Morgan fingerprint density at radius 1 is 1.06 bits per heavy atom. The molecule has 2 aromatic carbocycles. The van der Waals surface area contributed by atoms with Crippen molar-refractivity contribution < 1.29 is 18.0 Å². The summed E-state index contributed by atoms with van der Waals surface area (Å²) < 4.78 is 40.5. The molecule has 1 aromatic heterocycles. The van der Waals surface area contributed by atoms with Gasteiger partial charge in [-0.25, -0.2) is 0 Å². The molecular weight excluding hydrogens is 439 g/mol. The Bertz CT molecular complexity index is 1250. The summed E-state index contributed by atoms with van der Waals surface area (Å²) in [7, 11) is 0. The molecule has 1 amide bonds. The van der Waals surface area contributed by atoms with Gasteiger partial charge in [-0.05, 0) is 55.2 Å². The number of aromatic nitrogens is 1. The number of carbonyl (C=O) groups is 1. The molecule has 0 bridgehead atoms. The second kappa shape index (κ2) is 9.12. The van der Waals surface area contributed by atoms with Crippen LogP contribution < -0.4 is 10.2 Å².